The van der Waals surface area contributed by atoms with Gasteiger partial charge in [-0.1, -0.05) is 0 Å². The molecule has 3 fully saturated rings. The zero-order chi connectivity index (χ0) is 23.3. The molecule has 0 unspecified atom stereocenters. The van der Waals surface area contributed by atoms with Crippen LogP contribution in [0.5, 0.6) is 0 Å². The Bertz CT molecular complexity index is 919. The molecule has 3 heterocycles. The number of piperazine rings is 1. The summed E-state index contributed by atoms with van der Waals surface area (Å²) >= 11 is 0. The van der Waals surface area contributed by atoms with Gasteiger partial charge < -0.3 is 19.3 Å². The van der Waals surface area contributed by atoms with Crippen molar-refractivity contribution in [3.8, 4) is 0 Å². The number of nitrogens with zero attached hydrogens (tertiary/aromatic N) is 3. The van der Waals surface area contributed by atoms with Crippen LogP contribution >= 0.6 is 0 Å². The summed E-state index contributed by atoms with van der Waals surface area (Å²) in [4.78, 5) is 31.1. The fourth-order valence-electron chi connectivity index (χ4n) is 4.26. The predicted octanol–water partition coefficient (Wildman–Crippen LogP) is -0.239. The van der Waals surface area contributed by atoms with Crippen LogP contribution < -0.4 is 4.72 Å². The molecule has 0 saturated carbocycles. The lowest BCUT2D eigenvalue weighted by molar-refractivity contribution is -0.136. The third-order valence-corrected chi connectivity index (χ3v) is 7.76. The SMILES string of the molecule is O=C(CN1CCN(C(=O)c2ccc(S(=O)(=O)NC[C@@H]3CCCO3)cc2)CC1)N1CCOCC1. The molecule has 0 aliphatic carbocycles. The van der Waals surface area contributed by atoms with Gasteiger partial charge in [0.15, 0.2) is 0 Å². The maximum absolute atomic E-state index is 12.9. The molecule has 1 atom stereocenters. The summed E-state index contributed by atoms with van der Waals surface area (Å²) in [6.07, 6.45) is 1.72. The Balaban J connectivity index is 1.25. The van der Waals surface area contributed by atoms with Gasteiger partial charge in [0, 0.05) is 58.0 Å². The molecule has 2 amide bonds. The summed E-state index contributed by atoms with van der Waals surface area (Å²) in [7, 11) is -3.65. The molecule has 1 N–H and O–H groups in total. The zero-order valence-corrected chi connectivity index (χ0v) is 19.6. The van der Waals surface area contributed by atoms with Crippen molar-refractivity contribution < 1.29 is 27.5 Å². The fourth-order valence-corrected chi connectivity index (χ4v) is 5.33. The van der Waals surface area contributed by atoms with Crippen LogP contribution in [0.15, 0.2) is 29.2 Å². The quantitative estimate of drug-likeness (QED) is 0.574. The summed E-state index contributed by atoms with van der Waals surface area (Å²) in [6, 6.07) is 6.03. The van der Waals surface area contributed by atoms with Crippen molar-refractivity contribution in [2.75, 3.05) is 72.2 Å². The Kier molecular flexibility index (Phi) is 7.97. The molecule has 0 bridgehead atoms. The van der Waals surface area contributed by atoms with Gasteiger partial charge in [-0.15, -0.1) is 0 Å². The first-order valence-corrected chi connectivity index (χ1v) is 13.0. The second kappa shape index (κ2) is 10.9. The minimum absolute atomic E-state index is 0.0801. The van der Waals surface area contributed by atoms with E-state index >= 15 is 0 Å². The van der Waals surface area contributed by atoms with Gasteiger partial charge in [-0.05, 0) is 37.1 Å². The zero-order valence-electron chi connectivity index (χ0n) is 18.8. The van der Waals surface area contributed by atoms with E-state index in [0.29, 0.717) is 71.2 Å². The van der Waals surface area contributed by atoms with E-state index in [1.54, 1.807) is 17.0 Å². The number of rotatable bonds is 7. The highest BCUT2D eigenvalue weighted by atomic mass is 32.2. The van der Waals surface area contributed by atoms with Crippen LogP contribution in [-0.2, 0) is 24.3 Å². The second-order valence-electron chi connectivity index (χ2n) is 8.57. The summed E-state index contributed by atoms with van der Waals surface area (Å²) < 4.78 is 38.3. The highest BCUT2D eigenvalue weighted by Gasteiger charge is 2.26. The molecule has 0 radical (unpaired) electrons. The first-order chi connectivity index (χ1) is 15.9. The van der Waals surface area contributed by atoms with E-state index < -0.39 is 10.0 Å². The van der Waals surface area contributed by atoms with Gasteiger partial charge in [-0.25, -0.2) is 13.1 Å². The molecule has 10 nitrogen and oxygen atoms in total. The van der Waals surface area contributed by atoms with Crippen molar-refractivity contribution >= 4 is 21.8 Å². The van der Waals surface area contributed by atoms with Crippen LogP contribution in [-0.4, -0.2) is 113 Å². The highest BCUT2D eigenvalue weighted by Crippen LogP contribution is 2.16. The highest BCUT2D eigenvalue weighted by molar-refractivity contribution is 7.89. The number of benzene rings is 1. The smallest absolute Gasteiger partial charge is 0.253 e. The summed E-state index contributed by atoms with van der Waals surface area (Å²) in [5.41, 5.74) is 0.450. The Morgan fingerprint density at radius 1 is 0.939 bits per heavy atom. The van der Waals surface area contributed by atoms with Gasteiger partial charge in [-0.2, -0.15) is 0 Å². The normalized spacial score (nSPS) is 22.5. The van der Waals surface area contributed by atoms with Gasteiger partial charge in [0.1, 0.15) is 0 Å². The maximum Gasteiger partial charge on any atom is 0.253 e. The first-order valence-electron chi connectivity index (χ1n) is 11.5. The minimum atomic E-state index is -3.65. The number of carbonyl (C=O) groups excluding carboxylic acids is 2. The lowest BCUT2D eigenvalue weighted by Gasteiger charge is -2.36. The lowest BCUT2D eigenvalue weighted by Crippen LogP contribution is -2.52. The maximum atomic E-state index is 12.9. The Labute approximate surface area is 194 Å². The molecular formula is C22H32N4O6S. The standard InChI is InChI=1S/C22H32N4O6S/c27-21(25-11-14-31-15-12-25)17-24-7-9-26(10-8-24)22(28)18-3-5-20(6-4-18)33(29,30)23-16-19-2-1-13-32-19/h3-6,19,23H,1-2,7-17H2/t19-/m0/s1. The molecule has 0 spiro atoms. The van der Waals surface area contributed by atoms with Crippen LogP contribution in [0.4, 0.5) is 0 Å². The van der Waals surface area contributed by atoms with E-state index in [1.165, 1.54) is 12.1 Å². The third kappa shape index (κ3) is 6.30. The van der Waals surface area contributed by atoms with Crippen LogP contribution in [0, 0.1) is 0 Å². The number of hydrogen-bond donors (Lipinski definition) is 1. The van der Waals surface area contributed by atoms with Crippen molar-refractivity contribution in [1.29, 1.82) is 0 Å². The molecule has 4 rings (SSSR count). The summed E-state index contributed by atoms with van der Waals surface area (Å²) in [5.74, 6) is -0.0339. The monoisotopic (exact) mass is 480 g/mol. The fraction of sp³-hybridized carbons (Fsp3) is 0.636. The molecule has 3 aliphatic heterocycles. The van der Waals surface area contributed by atoms with E-state index in [2.05, 4.69) is 9.62 Å². The Hall–Kier alpha value is -2.05. The molecule has 1 aromatic rings. The van der Waals surface area contributed by atoms with Crippen LogP contribution in [0.2, 0.25) is 0 Å². The van der Waals surface area contributed by atoms with E-state index in [9.17, 15) is 18.0 Å². The van der Waals surface area contributed by atoms with E-state index in [-0.39, 0.29) is 29.4 Å². The van der Waals surface area contributed by atoms with Crippen molar-refractivity contribution in [3.63, 3.8) is 0 Å². The number of ether oxygens (including phenoxy) is 2. The summed E-state index contributed by atoms with van der Waals surface area (Å²) in [5, 5.41) is 0. The van der Waals surface area contributed by atoms with Crippen LogP contribution in [0.25, 0.3) is 0 Å². The van der Waals surface area contributed by atoms with Crippen molar-refractivity contribution in [2.24, 2.45) is 0 Å². The molecule has 33 heavy (non-hydrogen) atoms. The Morgan fingerprint density at radius 2 is 1.64 bits per heavy atom. The molecule has 1 aromatic carbocycles. The Morgan fingerprint density at radius 3 is 2.27 bits per heavy atom. The van der Waals surface area contributed by atoms with Gasteiger partial charge in [0.2, 0.25) is 15.9 Å². The number of morpholine rings is 1. The predicted molar refractivity (Wildman–Crippen MR) is 120 cm³/mol. The topological polar surface area (TPSA) is 108 Å². The lowest BCUT2D eigenvalue weighted by atomic mass is 10.2. The van der Waals surface area contributed by atoms with Gasteiger partial charge in [0.05, 0.1) is 30.8 Å². The number of nitrogens with one attached hydrogen (secondary N) is 1. The van der Waals surface area contributed by atoms with Gasteiger partial charge >= 0.3 is 0 Å². The molecule has 3 aliphatic rings. The van der Waals surface area contributed by atoms with Crippen LogP contribution in [0.3, 0.4) is 0 Å². The molecule has 0 aromatic heterocycles. The van der Waals surface area contributed by atoms with Crippen LogP contribution in [0.1, 0.15) is 23.2 Å². The minimum Gasteiger partial charge on any atom is -0.378 e. The van der Waals surface area contributed by atoms with Gasteiger partial charge in [0.25, 0.3) is 5.91 Å². The molecular weight excluding hydrogens is 448 g/mol. The molecule has 3 saturated heterocycles. The number of carbonyl (C=O) groups is 2. The number of sulfonamides is 1. The largest absolute Gasteiger partial charge is 0.378 e. The van der Waals surface area contributed by atoms with Crippen molar-refractivity contribution in [3.05, 3.63) is 29.8 Å². The van der Waals surface area contributed by atoms with Gasteiger partial charge in [-0.3, -0.25) is 14.5 Å². The third-order valence-electron chi connectivity index (χ3n) is 6.32. The average Bonchev–Trinajstić information content (AvgIpc) is 3.37. The van der Waals surface area contributed by atoms with E-state index in [0.717, 1.165) is 12.8 Å². The summed E-state index contributed by atoms with van der Waals surface area (Å²) in [6.45, 7) is 6.01. The van der Waals surface area contributed by atoms with Crippen molar-refractivity contribution in [2.45, 2.75) is 23.8 Å². The average molecular weight is 481 g/mol. The van der Waals surface area contributed by atoms with E-state index in [4.69, 9.17) is 9.47 Å². The first kappa shape index (κ1) is 24.1. The van der Waals surface area contributed by atoms with E-state index in [1.807, 2.05) is 4.90 Å². The van der Waals surface area contributed by atoms with Crippen molar-refractivity contribution in [1.82, 2.24) is 19.4 Å². The number of amides is 2. The molecule has 11 heteroatoms. The second-order valence-corrected chi connectivity index (χ2v) is 10.3. The molecule has 182 valence electrons. The number of hydrogen-bond acceptors (Lipinski definition) is 7.